The van der Waals surface area contributed by atoms with E-state index in [4.69, 9.17) is 14.5 Å². The molecule has 1 N–H and O–H groups in total. The summed E-state index contributed by atoms with van der Waals surface area (Å²) in [6.07, 6.45) is 2.29. The molecule has 0 bridgehead atoms. The van der Waals surface area contributed by atoms with E-state index >= 15 is 4.39 Å². The van der Waals surface area contributed by atoms with Crippen molar-refractivity contribution in [1.82, 2.24) is 20.1 Å². The second kappa shape index (κ2) is 9.50. The van der Waals surface area contributed by atoms with Gasteiger partial charge < -0.3 is 14.4 Å². The molecule has 2 aliphatic rings. The summed E-state index contributed by atoms with van der Waals surface area (Å²) in [7, 11) is 1.55. The van der Waals surface area contributed by atoms with E-state index in [-0.39, 0.29) is 11.9 Å². The van der Waals surface area contributed by atoms with Crippen LogP contribution < -0.4 is 9.64 Å². The maximum absolute atomic E-state index is 15.1. The fourth-order valence-corrected chi connectivity index (χ4v) is 5.42. The van der Waals surface area contributed by atoms with Crippen LogP contribution in [0.4, 0.5) is 10.2 Å². The number of hydrogen-bond acceptors (Lipinski definition) is 6. The van der Waals surface area contributed by atoms with E-state index in [2.05, 4.69) is 26.9 Å². The lowest BCUT2D eigenvalue weighted by atomic mass is 9.98. The molecule has 182 valence electrons. The Morgan fingerprint density at radius 1 is 1.18 bits per heavy atom. The molecule has 2 saturated heterocycles. The number of rotatable bonds is 5. The van der Waals surface area contributed by atoms with Crippen molar-refractivity contribution in [1.29, 1.82) is 0 Å². The largest absolute Gasteiger partial charge is 0.497 e. The number of ether oxygens (including phenoxy) is 2. The van der Waals surface area contributed by atoms with Crippen molar-refractivity contribution in [3.63, 3.8) is 0 Å². The number of anilines is 1. The van der Waals surface area contributed by atoms with Crippen molar-refractivity contribution in [2.75, 3.05) is 51.4 Å². The number of aryl methyl sites for hydroxylation is 2. The van der Waals surface area contributed by atoms with Crippen molar-refractivity contribution in [2.24, 2.45) is 5.92 Å². The van der Waals surface area contributed by atoms with Gasteiger partial charge >= 0.3 is 0 Å². The number of fused-ring (bicyclic) bond motifs is 1. The van der Waals surface area contributed by atoms with Crippen LogP contribution in [0.3, 0.4) is 0 Å². The van der Waals surface area contributed by atoms with E-state index in [9.17, 15) is 0 Å². The minimum atomic E-state index is -0.366. The summed E-state index contributed by atoms with van der Waals surface area (Å²) >= 11 is 0. The lowest BCUT2D eigenvalue weighted by molar-refractivity contribution is 0.0500. The summed E-state index contributed by atoms with van der Waals surface area (Å²) in [5, 5.41) is 8.36. The second-order valence-corrected chi connectivity index (χ2v) is 9.73. The van der Waals surface area contributed by atoms with E-state index in [1.165, 1.54) is 6.07 Å². The van der Waals surface area contributed by atoms with Crippen molar-refractivity contribution in [3.05, 3.63) is 35.3 Å². The molecule has 0 saturated carbocycles. The van der Waals surface area contributed by atoms with Gasteiger partial charge in [0.15, 0.2) is 5.82 Å². The summed E-state index contributed by atoms with van der Waals surface area (Å²) in [6.45, 7) is 11.9. The summed E-state index contributed by atoms with van der Waals surface area (Å²) < 4.78 is 26.0. The normalized spacial score (nSPS) is 20.3. The van der Waals surface area contributed by atoms with Gasteiger partial charge in [-0.05, 0) is 57.2 Å². The fourth-order valence-electron chi connectivity index (χ4n) is 5.42. The Morgan fingerprint density at radius 2 is 1.97 bits per heavy atom. The molecule has 1 aromatic carbocycles. The molecule has 0 spiro atoms. The number of hydrogen-bond donors (Lipinski definition) is 1. The van der Waals surface area contributed by atoms with Gasteiger partial charge in [0.05, 0.1) is 12.8 Å². The Kier molecular flexibility index (Phi) is 6.44. The fraction of sp³-hybridized carbons (Fsp3) is 0.538. The summed E-state index contributed by atoms with van der Waals surface area (Å²) in [6, 6.07) is 5.55. The van der Waals surface area contributed by atoms with Crippen LogP contribution in [0.1, 0.15) is 31.0 Å². The molecular weight excluding hydrogens is 433 g/mol. The number of aromatic amines is 1. The van der Waals surface area contributed by atoms with Crippen LogP contribution >= 0.6 is 0 Å². The highest BCUT2D eigenvalue weighted by Crippen LogP contribution is 2.39. The van der Waals surface area contributed by atoms with Crippen LogP contribution in [-0.2, 0) is 4.74 Å². The van der Waals surface area contributed by atoms with E-state index in [0.29, 0.717) is 17.2 Å². The van der Waals surface area contributed by atoms with Crippen molar-refractivity contribution in [3.8, 4) is 17.0 Å². The molecule has 2 aliphatic heterocycles. The first-order chi connectivity index (χ1) is 16.4. The molecule has 2 fully saturated rings. The molecule has 4 heterocycles. The highest BCUT2D eigenvalue weighted by atomic mass is 19.1. The van der Waals surface area contributed by atoms with Gasteiger partial charge in [-0.2, -0.15) is 5.10 Å². The Hall–Kier alpha value is -2.71. The average molecular weight is 468 g/mol. The van der Waals surface area contributed by atoms with Crippen LogP contribution in [0.2, 0.25) is 0 Å². The number of methoxy groups -OCH3 is 1. The number of piperazine rings is 1. The molecule has 0 radical (unpaired) electrons. The molecule has 0 unspecified atom stereocenters. The average Bonchev–Trinajstić information content (AvgIpc) is 3.26. The van der Waals surface area contributed by atoms with Gasteiger partial charge in [-0.3, -0.25) is 10.00 Å². The zero-order valence-corrected chi connectivity index (χ0v) is 20.5. The van der Waals surface area contributed by atoms with Gasteiger partial charge in [0.25, 0.3) is 0 Å². The number of aromatic nitrogens is 3. The molecule has 2 aromatic heterocycles. The lowest BCUT2D eigenvalue weighted by Crippen LogP contribution is -2.53. The Bertz CT molecular complexity index is 1170. The molecule has 34 heavy (non-hydrogen) atoms. The van der Waals surface area contributed by atoms with Crippen molar-refractivity contribution >= 4 is 16.7 Å². The first-order valence-corrected chi connectivity index (χ1v) is 12.2. The first-order valence-electron chi connectivity index (χ1n) is 12.2. The summed E-state index contributed by atoms with van der Waals surface area (Å²) in [5.74, 6) is 1.63. The Labute approximate surface area is 200 Å². The summed E-state index contributed by atoms with van der Waals surface area (Å²) in [4.78, 5) is 9.81. The zero-order valence-electron chi connectivity index (χ0n) is 20.5. The zero-order chi connectivity index (χ0) is 23.8. The van der Waals surface area contributed by atoms with Crippen molar-refractivity contribution < 1.29 is 13.9 Å². The van der Waals surface area contributed by atoms with Gasteiger partial charge in [-0.15, -0.1) is 0 Å². The number of pyridine rings is 1. The van der Waals surface area contributed by atoms with Gasteiger partial charge in [0.2, 0.25) is 0 Å². The second-order valence-electron chi connectivity index (χ2n) is 9.73. The van der Waals surface area contributed by atoms with E-state index in [1.807, 2.05) is 26.0 Å². The highest BCUT2D eigenvalue weighted by molar-refractivity contribution is 5.94. The third-order valence-corrected chi connectivity index (χ3v) is 7.30. The van der Waals surface area contributed by atoms with Crippen LogP contribution in [-0.4, -0.2) is 72.6 Å². The molecule has 8 heteroatoms. The predicted octanol–water partition coefficient (Wildman–Crippen LogP) is 4.33. The maximum atomic E-state index is 15.1. The monoisotopic (exact) mass is 467 g/mol. The molecule has 1 atom stereocenters. The van der Waals surface area contributed by atoms with Gasteiger partial charge in [-0.1, -0.05) is 0 Å². The Morgan fingerprint density at radius 3 is 2.65 bits per heavy atom. The number of H-pyrrole nitrogens is 1. The highest BCUT2D eigenvalue weighted by Gasteiger charge is 2.30. The van der Waals surface area contributed by atoms with Crippen LogP contribution in [0.15, 0.2) is 18.2 Å². The quantitative estimate of drug-likeness (QED) is 0.603. The molecule has 3 aromatic rings. The molecule has 0 aliphatic carbocycles. The summed E-state index contributed by atoms with van der Waals surface area (Å²) in [5.41, 5.74) is 4.10. The van der Waals surface area contributed by atoms with Gasteiger partial charge in [0.1, 0.15) is 17.1 Å². The van der Waals surface area contributed by atoms with Crippen LogP contribution in [0, 0.1) is 25.6 Å². The van der Waals surface area contributed by atoms with Gasteiger partial charge in [-0.25, -0.2) is 9.37 Å². The third kappa shape index (κ3) is 4.36. The van der Waals surface area contributed by atoms with E-state index in [1.54, 1.807) is 7.11 Å². The molecule has 5 rings (SSSR count). The third-order valence-electron chi connectivity index (χ3n) is 7.30. The number of benzene rings is 1. The number of nitrogens with zero attached hydrogens (tertiary/aromatic N) is 4. The Balaban J connectivity index is 1.52. The maximum Gasteiger partial charge on any atom is 0.153 e. The standard InChI is InChI=1S/C26H34FN5O2/c1-16-11-23(30-29-16)24-18(3)21-12-20(33-4)13-22(27)25(21)28-26(24)32-8-7-31(14-17(32)2)15-19-5-9-34-10-6-19/h11-13,17,19H,5-10,14-15H2,1-4H3,(H,29,30)/t17-/m1/s1. The van der Waals surface area contributed by atoms with E-state index < -0.39 is 0 Å². The SMILES string of the molecule is COc1cc(F)c2nc(N3CCN(CC4CCOCC4)C[C@H]3C)c(-c3cc(C)[nH]n3)c(C)c2c1. The predicted molar refractivity (Wildman–Crippen MR) is 132 cm³/mol. The molecule has 0 amide bonds. The number of halogens is 1. The van der Waals surface area contributed by atoms with Crippen LogP contribution in [0.25, 0.3) is 22.2 Å². The minimum Gasteiger partial charge on any atom is -0.497 e. The smallest absolute Gasteiger partial charge is 0.153 e. The topological polar surface area (TPSA) is 66.5 Å². The molecule has 7 nitrogen and oxygen atoms in total. The number of nitrogens with one attached hydrogen (secondary N) is 1. The van der Waals surface area contributed by atoms with Crippen LogP contribution in [0.5, 0.6) is 5.75 Å². The van der Waals surface area contributed by atoms with Crippen molar-refractivity contribution in [2.45, 2.75) is 39.7 Å². The lowest BCUT2D eigenvalue weighted by Gasteiger charge is -2.42. The minimum absolute atomic E-state index is 0.248. The van der Waals surface area contributed by atoms with E-state index in [0.717, 1.165) is 86.0 Å². The molecular formula is C26H34FN5O2. The first kappa shape index (κ1) is 23.1. The van der Waals surface area contributed by atoms with Gasteiger partial charge in [0, 0.05) is 68.1 Å².